The molecule has 0 aromatic rings. The molecule has 3 atom stereocenters. The van der Waals surface area contributed by atoms with E-state index in [0.717, 1.165) is 12.8 Å². The quantitative estimate of drug-likeness (QED) is 0.551. The standard InChI is InChI=1S/C19H28O5/c1-6-23-15(20)11-12(17(22)24-7-2)10-13-14-8-9-19(5,16(13)21)18(14,3)4/h10,12,14H,6-9,11H2,1-5H3/b13-10-/t12-,14-,19-/m0/s1. The van der Waals surface area contributed by atoms with Gasteiger partial charge in [-0.1, -0.05) is 26.8 Å². The second-order valence-electron chi connectivity index (χ2n) is 7.46. The van der Waals surface area contributed by atoms with Gasteiger partial charge in [-0.2, -0.15) is 0 Å². The van der Waals surface area contributed by atoms with Gasteiger partial charge in [-0.25, -0.2) is 0 Å². The van der Waals surface area contributed by atoms with E-state index in [1.54, 1.807) is 19.9 Å². The molecule has 0 N–H and O–H groups in total. The van der Waals surface area contributed by atoms with Gasteiger partial charge in [-0.15, -0.1) is 0 Å². The van der Waals surface area contributed by atoms with Crippen LogP contribution in [-0.4, -0.2) is 30.9 Å². The Bertz CT molecular complexity index is 574. The van der Waals surface area contributed by atoms with E-state index < -0.39 is 17.9 Å². The first-order valence-electron chi connectivity index (χ1n) is 8.77. The molecule has 2 bridgehead atoms. The van der Waals surface area contributed by atoms with Crippen LogP contribution in [0.3, 0.4) is 0 Å². The molecule has 134 valence electrons. The zero-order valence-electron chi connectivity index (χ0n) is 15.3. The van der Waals surface area contributed by atoms with Crippen molar-refractivity contribution in [2.75, 3.05) is 13.2 Å². The van der Waals surface area contributed by atoms with Crippen molar-refractivity contribution in [3.05, 3.63) is 11.6 Å². The Morgan fingerprint density at radius 2 is 1.83 bits per heavy atom. The Kier molecular flexibility index (Phi) is 5.21. The molecule has 0 heterocycles. The van der Waals surface area contributed by atoms with E-state index in [2.05, 4.69) is 13.8 Å². The van der Waals surface area contributed by atoms with E-state index in [9.17, 15) is 14.4 Å². The average Bonchev–Trinajstić information content (AvgIpc) is 2.81. The first-order chi connectivity index (χ1) is 11.2. The van der Waals surface area contributed by atoms with Crippen LogP contribution in [0.1, 0.15) is 53.9 Å². The first-order valence-corrected chi connectivity index (χ1v) is 8.77. The van der Waals surface area contributed by atoms with Gasteiger partial charge in [0.25, 0.3) is 0 Å². The largest absolute Gasteiger partial charge is 0.466 e. The number of carbonyl (C=O) groups excluding carboxylic acids is 3. The minimum absolute atomic E-state index is 0.0900. The molecule has 0 aromatic carbocycles. The van der Waals surface area contributed by atoms with Crippen molar-refractivity contribution in [1.82, 2.24) is 0 Å². The Labute approximate surface area is 143 Å². The lowest BCUT2D eigenvalue weighted by molar-refractivity contribution is -0.153. The smallest absolute Gasteiger partial charge is 0.313 e. The van der Waals surface area contributed by atoms with Gasteiger partial charge in [0.1, 0.15) is 0 Å². The van der Waals surface area contributed by atoms with E-state index in [1.807, 2.05) is 6.92 Å². The highest BCUT2D eigenvalue weighted by atomic mass is 16.5. The van der Waals surface area contributed by atoms with Crippen molar-refractivity contribution < 1.29 is 23.9 Å². The zero-order chi connectivity index (χ0) is 18.1. The molecule has 2 saturated carbocycles. The number of fused-ring (bicyclic) bond motifs is 2. The number of esters is 2. The summed E-state index contributed by atoms with van der Waals surface area (Å²) in [7, 11) is 0. The number of rotatable bonds is 6. The molecular weight excluding hydrogens is 308 g/mol. The lowest BCUT2D eigenvalue weighted by Crippen LogP contribution is -2.32. The molecule has 0 unspecified atom stereocenters. The molecule has 0 aliphatic heterocycles. The summed E-state index contributed by atoms with van der Waals surface area (Å²) in [5.74, 6) is -1.44. The third-order valence-corrected chi connectivity index (χ3v) is 6.03. The molecular formula is C19H28O5. The van der Waals surface area contributed by atoms with Gasteiger partial charge in [-0.05, 0) is 43.6 Å². The van der Waals surface area contributed by atoms with Gasteiger partial charge in [0, 0.05) is 5.41 Å². The number of carbonyl (C=O) groups is 3. The summed E-state index contributed by atoms with van der Waals surface area (Å²) in [6, 6.07) is 0. The molecule has 0 amide bonds. The highest BCUT2D eigenvalue weighted by Crippen LogP contribution is 2.65. The van der Waals surface area contributed by atoms with E-state index >= 15 is 0 Å². The minimum atomic E-state index is -0.762. The maximum Gasteiger partial charge on any atom is 0.313 e. The summed E-state index contributed by atoms with van der Waals surface area (Å²) >= 11 is 0. The molecule has 2 aliphatic rings. The monoisotopic (exact) mass is 336 g/mol. The van der Waals surface area contributed by atoms with Crippen molar-refractivity contribution in [3.63, 3.8) is 0 Å². The minimum Gasteiger partial charge on any atom is -0.466 e. The Morgan fingerprint density at radius 1 is 1.21 bits per heavy atom. The van der Waals surface area contributed by atoms with E-state index in [1.165, 1.54) is 0 Å². The van der Waals surface area contributed by atoms with Crippen LogP contribution in [0, 0.1) is 22.7 Å². The predicted octanol–water partition coefficient (Wildman–Crippen LogP) is 3.07. The normalized spacial score (nSPS) is 30.5. The molecule has 2 fully saturated rings. The summed E-state index contributed by atoms with van der Waals surface area (Å²) < 4.78 is 10.0. The van der Waals surface area contributed by atoms with Gasteiger partial charge in [0.15, 0.2) is 5.78 Å². The van der Waals surface area contributed by atoms with Crippen molar-refractivity contribution in [2.45, 2.75) is 53.9 Å². The molecule has 5 nitrogen and oxygen atoms in total. The summed E-state index contributed by atoms with van der Waals surface area (Å²) in [6.45, 7) is 10.2. The van der Waals surface area contributed by atoms with Crippen molar-refractivity contribution in [1.29, 1.82) is 0 Å². The van der Waals surface area contributed by atoms with Crippen LogP contribution in [-0.2, 0) is 23.9 Å². The lowest BCUT2D eigenvalue weighted by atomic mass is 9.70. The van der Waals surface area contributed by atoms with Crippen molar-refractivity contribution >= 4 is 17.7 Å². The third kappa shape index (κ3) is 2.89. The van der Waals surface area contributed by atoms with Crippen molar-refractivity contribution in [2.24, 2.45) is 22.7 Å². The van der Waals surface area contributed by atoms with Gasteiger partial charge in [0.05, 0.1) is 25.6 Å². The van der Waals surface area contributed by atoms with Crippen LogP contribution in [0.2, 0.25) is 0 Å². The average molecular weight is 336 g/mol. The second kappa shape index (κ2) is 6.69. The van der Waals surface area contributed by atoms with Gasteiger partial charge >= 0.3 is 11.9 Å². The SMILES string of the molecule is CCOC(=O)C[C@H](/C=C1\C(=O)[C@]2(C)CC[C@@H]1C2(C)C)C(=O)OCC. The Hall–Kier alpha value is -1.65. The number of Topliss-reactive ketones (excluding diaryl/α,β-unsaturated/α-hetero) is 1. The fraction of sp³-hybridized carbons (Fsp3) is 0.737. The molecule has 2 aliphatic carbocycles. The zero-order valence-corrected chi connectivity index (χ0v) is 15.3. The topological polar surface area (TPSA) is 69.7 Å². The Balaban J connectivity index is 2.31. The lowest BCUT2D eigenvalue weighted by Gasteiger charge is -2.31. The number of allylic oxidation sites excluding steroid dienone is 1. The number of hydrogen-bond acceptors (Lipinski definition) is 5. The fourth-order valence-corrected chi connectivity index (χ4v) is 4.20. The highest BCUT2D eigenvalue weighted by Gasteiger charge is 2.64. The van der Waals surface area contributed by atoms with E-state index in [0.29, 0.717) is 5.57 Å². The van der Waals surface area contributed by atoms with Crippen LogP contribution in [0.25, 0.3) is 0 Å². The summed E-state index contributed by atoms with van der Waals surface area (Å²) in [5, 5.41) is 0. The number of ketones is 1. The molecule has 0 saturated heterocycles. The second-order valence-corrected chi connectivity index (χ2v) is 7.46. The predicted molar refractivity (Wildman–Crippen MR) is 89.1 cm³/mol. The van der Waals surface area contributed by atoms with Crippen LogP contribution in [0.15, 0.2) is 11.6 Å². The fourth-order valence-electron chi connectivity index (χ4n) is 4.20. The molecule has 0 radical (unpaired) electrons. The molecule has 24 heavy (non-hydrogen) atoms. The van der Waals surface area contributed by atoms with Crippen LogP contribution in [0.4, 0.5) is 0 Å². The maximum absolute atomic E-state index is 12.9. The molecule has 2 rings (SSSR count). The van der Waals surface area contributed by atoms with Crippen molar-refractivity contribution in [3.8, 4) is 0 Å². The van der Waals surface area contributed by atoms with E-state index in [4.69, 9.17) is 9.47 Å². The number of ether oxygens (including phenoxy) is 2. The Morgan fingerprint density at radius 3 is 2.33 bits per heavy atom. The highest BCUT2D eigenvalue weighted by molar-refractivity contribution is 6.05. The van der Waals surface area contributed by atoms with E-state index in [-0.39, 0.29) is 42.2 Å². The van der Waals surface area contributed by atoms with Crippen LogP contribution < -0.4 is 0 Å². The summed E-state index contributed by atoms with van der Waals surface area (Å²) in [4.78, 5) is 37.0. The van der Waals surface area contributed by atoms with Crippen LogP contribution in [0.5, 0.6) is 0 Å². The molecule has 0 aromatic heterocycles. The van der Waals surface area contributed by atoms with Gasteiger partial charge < -0.3 is 9.47 Å². The first kappa shape index (κ1) is 18.7. The third-order valence-electron chi connectivity index (χ3n) is 6.03. The van der Waals surface area contributed by atoms with Crippen LogP contribution >= 0.6 is 0 Å². The van der Waals surface area contributed by atoms with Gasteiger partial charge in [0.2, 0.25) is 0 Å². The summed E-state index contributed by atoms with van der Waals surface area (Å²) in [5.41, 5.74) is 0.183. The molecule has 5 heteroatoms. The number of hydrogen-bond donors (Lipinski definition) is 0. The summed E-state index contributed by atoms with van der Waals surface area (Å²) in [6.07, 6.45) is 3.40. The molecule has 0 spiro atoms. The van der Waals surface area contributed by atoms with Gasteiger partial charge in [-0.3, -0.25) is 14.4 Å². The maximum atomic E-state index is 12.9.